The Morgan fingerprint density at radius 2 is 1.63 bits per heavy atom. The van der Waals surface area contributed by atoms with E-state index < -0.39 is 11.9 Å². The lowest BCUT2D eigenvalue weighted by molar-refractivity contribution is 0.0507. The lowest BCUT2D eigenvalue weighted by Crippen LogP contribution is -2.08. The molecule has 0 radical (unpaired) electrons. The molecule has 0 aliphatic heterocycles. The van der Waals surface area contributed by atoms with Crippen molar-refractivity contribution < 1.29 is 23.8 Å². The van der Waals surface area contributed by atoms with Crippen LogP contribution in [0.5, 0.6) is 5.75 Å². The molecule has 2 heterocycles. The molecule has 2 aromatic heterocycles. The van der Waals surface area contributed by atoms with Gasteiger partial charge < -0.3 is 14.2 Å². The minimum atomic E-state index is -0.618. The molecular weight excluding hydrogens is 430 g/mol. The second-order valence-electron chi connectivity index (χ2n) is 5.53. The number of carbonyl (C=O) groups excluding carboxylic acids is 2. The molecule has 0 atom stereocenters. The van der Waals surface area contributed by atoms with E-state index >= 15 is 0 Å². The first-order valence-corrected chi connectivity index (χ1v) is 10.7. The van der Waals surface area contributed by atoms with Crippen LogP contribution in [0.15, 0.2) is 33.5 Å². The Morgan fingerprint density at radius 3 is 2.27 bits per heavy atom. The number of esters is 2. The Balaban J connectivity index is 2.01. The Bertz CT molecular complexity index is 1020. The Labute approximate surface area is 180 Å². The number of nitrogens with zero attached hydrogens (tertiary/aromatic N) is 5. The van der Waals surface area contributed by atoms with E-state index in [-0.39, 0.29) is 24.6 Å². The molecule has 0 amide bonds. The van der Waals surface area contributed by atoms with Gasteiger partial charge in [0.1, 0.15) is 15.0 Å². The van der Waals surface area contributed by atoms with E-state index in [0.29, 0.717) is 27.3 Å². The van der Waals surface area contributed by atoms with Crippen LogP contribution >= 0.6 is 23.3 Å². The molecule has 0 aliphatic carbocycles. The standard InChI is InChI=1S/C18H19N5O5S2/c1-4-26-12-9-7-11(8-10-12)23-15(13(19-21-23)16(24)27-5-2)29-18-14(20-22-30-18)17(25)28-6-3/h7-10H,4-6H2,1-3H3. The van der Waals surface area contributed by atoms with Crippen LogP contribution in [-0.4, -0.2) is 56.3 Å². The number of aromatic nitrogens is 5. The van der Waals surface area contributed by atoms with Crippen LogP contribution in [0.1, 0.15) is 41.7 Å². The topological polar surface area (TPSA) is 118 Å². The number of benzene rings is 1. The summed E-state index contributed by atoms with van der Waals surface area (Å²) in [6, 6.07) is 7.15. The van der Waals surface area contributed by atoms with E-state index in [9.17, 15) is 9.59 Å². The number of hydrogen-bond acceptors (Lipinski definition) is 11. The van der Waals surface area contributed by atoms with Crippen LogP contribution in [-0.2, 0) is 9.47 Å². The third-order valence-corrected chi connectivity index (χ3v) is 5.54. The molecule has 3 aromatic rings. The Morgan fingerprint density at radius 1 is 0.967 bits per heavy atom. The van der Waals surface area contributed by atoms with Crippen molar-refractivity contribution in [2.24, 2.45) is 0 Å². The molecule has 1 aromatic carbocycles. The maximum atomic E-state index is 12.4. The fourth-order valence-corrected chi connectivity index (χ4v) is 4.11. The first-order chi connectivity index (χ1) is 14.6. The minimum Gasteiger partial charge on any atom is -0.494 e. The van der Waals surface area contributed by atoms with Gasteiger partial charge in [-0.25, -0.2) is 14.3 Å². The van der Waals surface area contributed by atoms with Crippen molar-refractivity contribution in [2.45, 2.75) is 30.0 Å². The summed E-state index contributed by atoms with van der Waals surface area (Å²) in [7, 11) is 0. The molecule has 0 fully saturated rings. The van der Waals surface area contributed by atoms with Crippen LogP contribution in [0.4, 0.5) is 0 Å². The van der Waals surface area contributed by atoms with Gasteiger partial charge in [0.25, 0.3) is 0 Å². The Kier molecular flexibility index (Phi) is 7.36. The van der Waals surface area contributed by atoms with Crippen molar-refractivity contribution in [1.82, 2.24) is 24.6 Å². The van der Waals surface area contributed by atoms with Crippen molar-refractivity contribution in [2.75, 3.05) is 19.8 Å². The number of rotatable bonds is 9. The lowest BCUT2D eigenvalue weighted by atomic mass is 10.3. The van der Waals surface area contributed by atoms with Crippen LogP contribution in [0.2, 0.25) is 0 Å². The van der Waals surface area contributed by atoms with Crippen molar-refractivity contribution in [3.63, 3.8) is 0 Å². The quantitative estimate of drug-likeness (QED) is 0.451. The van der Waals surface area contributed by atoms with Crippen LogP contribution in [0, 0.1) is 0 Å². The minimum absolute atomic E-state index is 0.0268. The van der Waals surface area contributed by atoms with Gasteiger partial charge in [-0.15, -0.1) is 10.2 Å². The average molecular weight is 450 g/mol. The fourth-order valence-electron chi connectivity index (χ4n) is 2.37. The first kappa shape index (κ1) is 21.7. The van der Waals surface area contributed by atoms with Crippen LogP contribution in [0.25, 0.3) is 5.69 Å². The summed E-state index contributed by atoms with van der Waals surface area (Å²) in [6.45, 7) is 6.25. The van der Waals surface area contributed by atoms with Gasteiger partial charge in [0, 0.05) is 0 Å². The van der Waals surface area contributed by atoms with E-state index in [2.05, 4.69) is 19.9 Å². The zero-order valence-corrected chi connectivity index (χ0v) is 18.2. The molecule has 0 spiro atoms. The fraction of sp³-hybridized carbons (Fsp3) is 0.333. The summed E-state index contributed by atoms with van der Waals surface area (Å²) in [5.41, 5.74) is 0.749. The van der Waals surface area contributed by atoms with Gasteiger partial charge in [0.2, 0.25) is 5.69 Å². The van der Waals surface area contributed by atoms with E-state index in [1.165, 1.54) is 4.68 Å². The molecule has 30 heavy (non-hydrogen) atoms. The summed E-state index contributed by atoms with van der Waals surface area (Å²) in [4.78, 5) is 24.6. The molecule has 12 heteroatoms. The number of carbonyl (C=O) groups is 2. The highest BCUT2D eigenvalue weighted by Gasteiger charge is 2.27. The van der Waals surface area contributed by atoms with E-state index in [1.807, 2.05) is 6.92 Å². The SMILES string of the molecule is CCOC(=O)c1nnsc1Sc1c(C(=O)OCC)nnn1-c1ccc(OCC)cc1. The van der Waals surface area contributed by atoms with Gasteiger partial charge in [0.15, 0.2) is 5.69 Å². The smallest absolute Gasteiger partial charge is 0.361 e. The maximum absolute atomic E-state index is 12.4. The third kappa shape index (κ3) is 4.76. The van der Waals surface area contributed by atoms with Crippen molar-refractivity contribution in [1.29, 1.82) is 0 Å². The highest BCUT2D eigenvalue weighted by Crippen LogP contribution is 2.36. The second-order valence-corrected chi connectivity index (χ2v) is 7.55. The Hall–Kier alpha value is -2.99. The van der Waals surface area contributed by atoms with E-state index in [1.54, 1.807) is 38.1 Å². The normalized spacial score (nSPS) is 10.6. The van der Waals surface area contributed by atoms with Gasteiger partial charge in [-0.3, -0.25) is 0 Å². The summed E-state index contributed by atoms with van der Waals surface area (Å²) in [6.07, 6.45) is 0. The van der Waals surface area contributed by atoms with Gasteiger partial charge in [-0.2, -0.15) is 0 Å². The monoisotopic (exact) mass is 449 g/mol. The molecule has 0 N–H and O–H groups in total. The summed E-state index contributed by atoms with van der Waals surface area (Å²) in [5, 5.41) is 12.3. The molecule has 0 saturated heterocycles. The third-order valence-electron chi connectivity index (χ3n) is 3.61. The highest BCUT2D eigenvalue weighted by atomic mass is 32.2. The second kappa shape index (κ2) is 10.2. The van der Waals surface area contributed by atoms with E-state index in [4.69, 9.17) is 14.2 Å². The largest absolute Gasteiger partial charge is 0.494 e. The average Bonchev–Trinajstić information content (AvgIpc) is 3.37. The number of hydrogen-bond donors (Lipinski definition) is 0. The van der Waals surface area contributed by atoms with Crippen LogP contribution in [0.3, 0.4) is 0 Å². The molecule has 158 valence electrons. The van der Waals surface area contributed by atoms with Gasteiger partial charge in [-0.1, -0.05) is 21.5 Å². The van der Waals surface area contributed by atoms with E-state index in [0.717, 1.165) is 23.3 Å². The molecule has 0 saturated carbocycles. The zero-order valence-electron chi connectivity index (χ0n) is 16.5. The summed E-state index contributed by atoms with van der Waals surface area (Å²) < 4.78 is 21.4. The van der Waals surface area contributed by atoms with Gasteiger partial charge in [0.05, 0.1) is 25.5 Å². The number of ether oxygens (including phenoxy) is 3. The summed E-state index contributed by atoms with van der Waals surface area (Å²) >= 11 is 2.11. The molecular formula is C18H19N5O5S2. The predicted molar refractivity (Wildman–Crippen MR) is 108 cm³/mol. The molecule has 0 unspecified atom stereocenters. The van der Waals surface area contributed by atoms with Crippen molar-refractivity contribution >= 4 is 35.2 Å². The molecule has 0 aliphatic rings. The molecule has 3 rings (SSSR count). The zero-order chi connectivity index (χ0) is 21.5. The van der Waals surface area contributed by atoms with Crippen molar-refractivity contribution in [3.05, 3.63) is 35.7 Å². The van der Waals surface area contributed by atoms with Crippen LogP contribution < -0.4 is 4.74 Å². The first-order valence-electron chi connectivity index (χ1n) is 9.12. The van der Waals surface area contributed by atoms with Crippen molar-refractivity contribution in [3.8, 4) is 11.4 Å². The maximum Gasteiger partial charge on any atom is 0.361 e. The predicted octanol–water partition coefficient (Wildman–Crippen LogP) is 3.02. The summed E-state index contributed by atoms with van der Waals surface area (Å²) in [5.74, 6) is -0.503. The van der Waals surface area contributed by atoms with Gasteiger partial charge in [-0.05, 0) is 56.6 Å². The molecule has 10 nitrogen and oxygen atoms in total. The highest BCUT2D eigenvalue weighted by molar-refractivity contribution is 8.01. The van der Waals surface area contributed by atoms with Gasteiger partial charge >= 0.3 is 11.9 Å². The lowest BCUT2D eigenvalue weighted by Gasteiger charge is -2.08. The molecule has 0 bridgehead atoms.